The lowest BCUT2D eigenvalue weighted by molar-refractivity contribution is 0.626. The monoisotopic (exact) mass is 440 g/mol. The molecule has 7 heteroatoms. The number of rotatable bonds is 5. The zero-order valence-corrected chi connectivity index (χ0v) is 18.7. The fraction of sp³-hybridized carbons (Fsp3) is 0.269. The number of halogens is 1. The van der Waals surface area contributed by atoms with Gasteiger partial charge in [-0.25, -0.2) is 9.37 Å². The van der Waals surface area contributed by atoms with E-state index in [9.17, 15) is 5.26 Å². The number of benzene rings is 2. The van der Waals surface area contributed by atoms with Crippen LogP contribution in [0.1, 0.15) is 29.5 Å². The van der Waals surface area contributed by atoms with Gasteiger partial charge in [-0.05, 0) is 68.3 Å². The second kappa shape index (κ2) is 8.64. The minimum Gasteiger partial charge on any atom is -0.357 e. The van der Waals surface area contributed by atoms with Crippen molar-refractivity contribution in [2.24, 2.45) is 0 Å². The van der Waals surface area contributed by atoms with Crippen molar-refractivity contribution in [3.05, 3.63) is 65.0 Å². The summed E-state index contributed by atoms with van der Waals surface area (Å²) in [5.74, 6) is 0.604. The molecule has 1 aliphatic heterocycles. The largest absolute Gasteiger partial charge is 0.357 e. The molecule has 0 radical (unpaired) electrons. The Morgan fingerprint density at radius 2 is 2.00 bits per heavy atom. The summed E-state index contributed by atoms with van der Waals surface area (Å²) < 4.78 is 15.2. The van der Waals surface area contributed by atoms with Gasteiger partial charge < -0.3 is 10.2 Å². The Labute approximate surface area is 192 Å². The van der Waals surface area contributed by atoms with Crippen molar-refractivity contribution in [3.8, 4) is 28.6 Å². The van der Waals surface area contributed by atoms with Crippen LogP contribution in [-0.2, 0) is 6.54 Å². The number of nitrogens with zero attached hydrogens (tertiary/aromatic N) is 4. The lowest BCUT2D eigenvalue weighted by Crippen LogP contribution is -2.18. The normalized spacial score (nSPS) is 13.6. The summed E-state index contributed by atoms with van der Waals surface area (Å²) in [4.78, 5) is 7.14. The van der Waals surface area contributed by atoms with Crippen LogP contribution < -0.4 is 10.2 Å². The van der Waals surface area contributed by atoms with E-state index in [1.807, 2.05) is 44.3 Å². The average molecular weight is 441 g/mol. The first-order chi connectivity index (χ1) is 16.1. The molecule has 0 bridgehead atoms. The van der Waals surface area contributed by atoms with Gasteiger partial charge >= 0.3 is 0 Å². The van der Waals surface area contributed by atoms with E-state index in [0.29, 0.717) is 28.9 Å². The van der Waals surface area contributed by atoms with Crippen LogP contribution in [0.15, 0.2) is 42.5 Å². The molecular formula is C26H25FN6. The number of aryl methyl sites for hydroxylation is 1. The molecule has 1 fully saturated rings. The number of fused-ring (bicyclic) bond motifs is 1. The standard InChI is InChI=1S/C26H25FN6/c1-16-10-17(15-29-2)11-21(27)25(16)19-13-20-23(12-18(19)14-28)31-32-26(20)22-6-5-7-24(30-22)33-8-3-4-9-33/h5-7,10-13,29H,3-4,8-9,15H2,1-2H3,(H,31,32). The SMILES string of the molecule is CNCc1cc(C)c(-c2cc3c(-c4cccc(N5CCCC5)n4)n[nH]c3cc2C#N)c(F)c1. The maximum Gasteiger partial charge on any atom is 0.131 e. The Hall–Kier alpha value is -3.76. The van der Waals surface area contributed by atoms with Crippen LogP contribution in [0, 0.1) is 24.1 Å². The smallest absolute Gasteiger partial charge is 0.131 e. The molecule has 166 valence electrons. The van der Waals surface area contributed by atoms with Gasteiger partial charge in [0.05, 0.1) is 22.8 Å². The number of nitriles is 1. The zero-order chi connectivity index (χ0) is 22.9. The van der Waals surface area contributed by atoms with Crippen LogP contribution in [-0.4, -0.2) is 35.3 Å². The molecule has 3 heterocycles. The molecule has 0 aliphatic carbocycles. The van der Waals surface area contributed by atoms with E-state index in [1.165, 1.54) is 18.9 Å². The Balaban J connectivity index is 1.65. The molecule has 4 aromatic rings. The second-order valence-corrected chi connectivity index (χ2v) is 8.50. The van der Waals surface area contributed by atoms with Crippen molar-refractivity contribution in [2.75, 3.05) is 25.0 Å². The van der Waals surface area contributed by atoms with Gasteiger partial charge in [0.2, 0.25) is 0 Å². The van der Waals surface area contributed by atoms with Gasteiger partial charge in [-0.2, -0.15) is 10.4 Å². The van der Waals surface area contributed by atoms with Crippen LogP contribution in [0.2, 0.25) is 0 Å². The third-order valence-electron chi connectivity index (χ3n) is 6.23. The number of aromatic amines is 1. The second-order valence-electron chi connectivity index (χ2n) is 8.50. The molecule has 1 aliphatic rings. The molecule has 0 saturated carbocycles. The molecule has 2 N–H and O–H groups in total. The summed E-state index contributed by atoms with van der Waals surface area (Å²) in [6.07, 6.45) is 2.35. The highest BCUT2D eigenvalue weighted by Crippen LogP contribution is 2.36. The first-order valence-corrected chi connectivity index (χ1v) is 11.2. The third-order valence-corrected chi connectivity index (χ3v) is 6.23. The van der Waals surface area contributed by atoms with E-state index in [4.69, 9.17) is 4.98 Å². The lowest BCUT2D eigenvalue weighted by atomic mass is 9.92. The summed E-state index contributed by atoms with van der Waals surface area (Å²) in [5.41, 5.74) is 5.24. The molecule has 5 rings (SSSR count). The summed E-state index contributed by atoms with van der Waals surface area (Å²) in [5, 5.41) is 21.2. The first kappa shape index (κ1) is 21.1. The van der Waals surface area contributed by atoms with Gasteiger partial charge in [0.1, 0.15) is 17.3 Å². The Morgan fingerprint density at radius 1 is 1.18 bits per heavy atom. The number of aromatic nitrogens is 3. The molecule has 33 heavy (non-hydrogen) atoms. The minimum absolute atomic E-state index is 0.338. The number of nitrogens with one attached hydrogen (secondary N) is 2. The van der Waals surface area contributed by atoms with Crippen LogP contribution in [0.5, 0.6) is 0 Å². The van der Waals surface area contributed by atoms with Crippen molar-refractivity contribution in [1.82, 2.24) is 20.5 Å². The average Bonchev–Trinajstić information content (AvgIpc) is 3.48. The highest BCUT2D eigenvalue weighted by molar-refractivity contribution is 5.97. The van der Waals surface area contributed by atoms with E-state index < -0.39 is 0 Å². The number of pyridine rings is 1. The van der Waals surface area contributed by atoms with Crippen LogP contribution in [0.3, 0.4) is 0 Å². The van der Waals surface area contributed by atoms with Crippen molar-refractivity contribution in [2.45, 2.75) is 26.3 Å². The van der Waals surface area contributed by atoms with Crippen molar-refractivity contribution >= 4 is 16.7 Å². The van der Waals surface area contributed by atoms with Crippen LogP contribution >= 0.6 is 0 Å². The van der Waals surface area contributed by atoms with Gasteiger partial charge in [-0.1, -0.05) is 12.1 Å². The maximum atomic E-state index is 15.2. The number of hydrogen-bond acceptors (Lipinski definition) is 5. The topological polar surface area (TPSA) is 80.6 Å². The van der Waals surface area contributed by atoms with E-state index >= 15 is 4.39 Å². The van der Waals surface area contributed by atoms with Crippen molar-refractivity contribution in [1.29, 1.82) is 5.26 Å². The summed E-state index contributed by atoms with van der Waals surface area (Å²) in [6, 6.07) is 15.3. The Morgan fingerprint density at radius 3 is 2.73 bits per heavy atom. The minimum atomic E-state index is -0.338. The predicted octanol–water partition coefficient (Wildman–Crippen LogP) is 4.93. The molecule has 6 nitrogen and oxygen atoms in total. The molecule has 0 spiro atoms. The summed E-state index contributed by atoms with van der Waals surface area (Å²) >= 11 is 0. The third kappa shape index (κ3) is 3.83. The number of anilines is 1. The van der Waals surface area contributed by atoms with Gasteiger partial charge in [-0.15, -0.1) is 0 Å². The van der Waals surface area contributed by atoms with E-state index in [0.717, 1.165) is 46.6 Å². The fourth-order valence-corrected chi connectivity index (χ4v) is 4.70. The van der Waals surface area contributed by atoms with Gasteiger partial charge in [0, 0.05) is 36.1 Å². The quantitative estimate of drug-likeness (QED) is 0.460. The molecule has 0 amide bonds. The van der Waals surface area contributed by atoms with Crippen molar-refractivity contribution in [3.63, 3.8) is 0 Å². The molecule has 2 aromatic heterocycles. The summed E-state index contributed by atoms with van der Waals surface area (Å²) in [7, 11) is 1.83. The number of hydrogen-bond donors (Lipinski definition) is 2. The predicted molar refractivity (Wildman–Crippen MR) is 128 cm³/mol. The molecule has 0 unspecified atom stereocenters. The molecule has 0 atom stereocenters. The van der Waals surface area contributed by atoms with Crippen LogP contribution in [0.4, 0.5) is 10.2 Å². The highest BCUT2D eigenvalue weighted by Gasteiger charge is 2.20. The number of H-pyrrole nitrogens is 1. The van der Waals surface area contributed by atoms with Crippen LogP contribution in [0.25, 0.3) is 33.4 Å². The van der Waals surface area contributed by atoms with Gasteiger partial charge in [0.15, 0.2) is 0 Å². The highest BCUT2D eigenvalue weighted by atomic mass is 19.1. The van der Waals surface area contributed by atoms with E-state index in [-0.39, 0.29) is 5.82 Å². The van der Waals surface area contributed by atoms with Crippen molar-refractivity contribution < 1.29 is 4.39 Å². The molecule has 1 saturated heterocycles. The van der Waals surface area contributed by atoms with Gasteiger partial charge in [0.25, 0.3) is 0 Å². The maximum absolute atomic E-state index is 15.2. The Kier molecular flexibility index (Phi) is 5.53. The Bertz CT molecular complexity index is 1350. The first-order valence-electron chi connectivity index (χ1n) is 11.2. The zero-order valence-electron chi connectivity index (χ0n) is 18.7. The lowest BCUT2D eigenvalue weighted by Gasteiger charge is -2.16. The molecule has 2 aromatic carbocycles. The fourth-order valence-electron chi connectivity index (χ4n) is 4.70. The summed E-state index contributed by atoms with van der Waals surface area (Å²) in [6.45, 7) is 4.47. The van der Waals surface area contributed by atoms with Gasteiger partial charge in [-0.3, -0.25) is 5.10 Å². The van der Waals surface area contributed by atoms with E-state index in [1.54, 1.807) is 6.07 Å². The van der Waals surface area contributed by atoms with E-state index in [2.05, 4.69) is 26.5 Å². The molecular weight excluding hydrogens is 415 g/mol.